The van der Waals surface area contributed by atoms with Crippen LogP contribution in [0, 0.1) is 0 Å². The summed E-state index contributed by atoms with van der Waals surface area (Å²) in [5, 5.41) is 5.96. The third-order valence-corrected chi connectivity index (χ3v) is 5.16. The van der Waals surface area contributed by atoms with E-state index in [9.17, 15) is 13.2 Å². The maximum atomic E-state index is 12.2. The number of carbonyl (C=O) groups excluding carboxylic acids is 1. The third kappa shape index (κ3) is 4.68. The highest BCUT2D eigenvalue weighted by molar-refractivity contribution is 7.92. The average Bonchev–Trinajstić information content (AvgIpc) is 3.12. The van der Waals surface area contributed by atoms with E-state index >= 15 is 0 Å². The van der Waals surface area contributed by atoms with Crippen LogP contribution in [-0.4, -0.2) is 45.5 Å². The number of hydrogen-bond acceptors (Lipinski definition) is 6. The largest absolute Gasteiger partial charge is 0.497 e. The van der Waals surface area contributed by atoms with Crippen LogP contribution in [0.2, 0.25) is 0 Å². The normalized spacial score (nSPS) is 16.3. The Morgan fingerprint density at radius 2 is 1.83 bits per heavy atom. The molecule has 1 atom stereocenters. The molecule has 154 valence electrons. The van der Waals surface area contributed by atoms with Crippen molar-refractivity contribution in [1.82, 2.24) is 5.01 Å². The predicted octanol–water partition coefficient (Wildman–Crippen LogP) is 2.77. The Balaban J connectivity index is 1.90. The van der Waals surface area contributed by atoms with Gasteiger partial charge in [0.15, 0.2) is 0 Å². The lowest BCUT2D eigenvalue weighted by atomic mass is 9.97. The van der Waals surface area contributed by atoms with E-state index in [1.807, 2.05) is 12.1 Å². The summed E-state index contributed by atoms with van der Waals surface area (Å²) in [6, 6.07) is 12.0. The van der Waals surface area contributed by atoms with Crippen LogP contribution >= 0.6 is 0 Å². The molecule has 0 fully saturated rings. The van der Waals surface area contributed by atoms with Crippen LogP contribution in [0.3, 0.4) is 0 Å². The van der Waals surface area contributed by atoms with Gasteiger partial charge in [-0.3, -0.25) is 9.52 Å². The van der Waals surface area contributed by atoms with Gasteiger partial charge in [0, 0.05) is 30.7 Å². The summed E-state index contributed by atoms with van der Waals surface area (Å²) in [4.78, 5) is 12.2. The van der Waals surface area contributed by atoms with Crippen LogP contribution in [0.25, 0.3) is 0 Å². The molecule has 8 nitrogen and oxygen atoms in total. The standard InChI is InChI=1S/C20H23N3O5S/c1-13(24)23-19(17-10-9-16(27-2)11-20(17)28-3)12-18(21-23)14-5-7-15(8-6-14)22-29(4,25)26/h5-11,19,22H,12H2,1-4H3/t19-/m1/s1. The number of ether oxygens (including phenoxy) is 2. The van der Waals surface area contributed by atoms with Gasteiger partial charge in [-0.1, -0.05) is 12.1 Å². The lowest BCUT2D eigenvalue weighted by Crippen LogP contribution is -2.24. The molecular weight excluding hydrogens is 394 g/mol. The predicted molar refractivity (Wildman–Crippen MR) is 111 cm³/mol. The summed E-state index contributed by atoms with van der Waals surface area (Å²) in [6.07, 6.45) is 1.60. The molecule has 3 rings (SSSR count). The van der Waals surface area contributed by atoms with E-state index in [0.29, 0.717) is 23.6 Å². The molecule has 29 heavy (non-hydrogen) atoms. The number of amides is 1. The monoisotopic (exact) mass is 417 g/mol. The number of rotatable bonds is 6. The molecule has 1 aliphatic heterocycles. The molecule has 2 aromatic carbocycles. The number of anilines is 1. The van der Waals surface area contributed by atoms with Crippen molar-refractivity contribution in [3.63, 3.8) is 0 Å². The molecule has 0 saturated heterocycles. The van der Waals surface area contributed by atoms with Crippen LogP contribution in [0.1, 0.15) is 30.5 Å². The van der Waals surface area contributed by atoms with Crippen molar-refractivity contribution in [2.75, 3.05) is 25.2 Å². The first kappa shape index (κ1) is 20.7. The molecule has 0 bridgehead atoms. The van der Waals surface area contributed by atoms with Gasteiger partial charge in [-0.05, 0) is 29.8 Å². The number of sulfonamides is 1. The zero-order valence-corrected chi connectivity index (χ0v) is 17.5. The molecule has 1 N–H and O–H groups in total. The summed E-state index contributed by atoms with van der Waals surface area (Å²) in [5.74, 6) is 1.09. The molecule has 1 aliphatic rings. The second-order valence-electron chi connectivity index (χ2n) is 6.69. The molecular formula is C20H23N3O5S. The van der Waals surface area contributed by atoms with Crippen molar-refractivity contribution in [2.24, 2.45) is 5.10 Å². The quantitative estimate of drug-likeness (QED) is 0.779. The maximum absolute atomic E-state index is 12.2. The second-order valence-corrected chi connectivity index (χ2v) is 8.44. The smallest absolute Gasteiger partial charge is 0.240 e. The Hall–Kier alpha value is -3.07. The molecule has 1 heterocycles. The van der Waals surface area contributed by atoms with Crippen LogP contribution < -0.4 is 14.2 Å². The van der Waals surface area contributed by atoms with Gasteiger partial charge in [0.2, 0.25) is 15.9 Å². The highest BCUT2D eigenvalue weighted by Crippen LogP contribution is 2.39. The first-order chi connectivity index (χ1) is 13.7. The van der Waals surface area contributed by atoms with Crippen molar-refractivity contribution in [3.05, 3.63) is 53.6 Å². The molecule has 0 radical (unpaired) electrons. The Morgan fingerprint density at radius 3 is 2.38 bits per heavy atom. The Morgan fingerprint density at radius 1 is 1.14 bits per heavy atom. The molecule has 0 spiro atoms. The van der Waals surface area contributed by atoms with Crippen LogP contribution in [0.4, 0.5) is 5.69 Å². The van der Waals surface area contributed by atoms with Crippen molar-refractivity contribution in [3.8, 4) is 11.5 Å². The zero-order chi connectivity index (χ0) is 21.2. The minimum absolute atomic E-state index is 0.182. The van der Waals surface area contributed by atoms with E-state index in [-0.39, 0.29) is 11.9 Å². The lowest BCUT2D eigenvalue weighted by Gasteiger charge is -2.22. The van der Waals surface area contributed by atoms with E-state index < -0.39 is 10.0 Å². The highest BCUT2D eigenvalue weighted by Gasteiger charge is 2.33. The van der Waals surface area contributed by atoms with Crippen molar-refractivity contribution >= 4 is 27.3 Å². The third-order valence-electron chi connectivity index (χ3n) is 4.55. The summed E-state index contributed by atoms with van der Waals surface area (Å²) in [5.41, 5.74) is 2.84. The number of methoxy groups -OCH3 is 2. The summed E-state index contributed by atoms with van der Waals surface area (Å²) in [6.45, 7) is 1.47. The SMILES string of the molecule is COc1ccc([C@H]2CC(c3ccc(NS(C)(=O)=O)cc3)=NN2C(C)=O)c(OC)c1. The number of nitrogens with one attached hydrogen (secondary N) is 1. The highest BCUT2D eigenvalue weighted by atomic mass is 32.2. The van der Waals surface area contributed by atoms with Gasteiger partial charge >= 0.3 is 0 Å². The van der Waals surface area contributed by atoms with Crippen LogP contribution in [0.5, 0.6) is 11.5 Å². The topological polar surface area (TPSA) is 97.3 Å². The molecule has 0 aromatic heterocycles. The Bertz CT molecular complexity index is 1050. The lowest BCUT2D eigenvalue weighted by molar-refractivity contribution is -0.130. The van der Waals surface area contributed by atoms with Crippen molar-refractivity contribution < 1.29 is 22.7 Å². The van der Waals surface area contributed by atoms with Crippen molar-refractivity contribution in [2.45, 2.75) is 19.4 Å². The van der Waals surface area contributed by atoms with E-state index in [4.69, 9.17) is 9.47 Å². The number of carbonyl (C=O) groups is 1. The second kappa shape index (κ2) is 8.12. The van der Waals surface area contributed by atoms with Crippen LogP contribution in [0.15, 0.2) is 47.6 Å². The Kier molecular flexibility index (Phi) is 5.78. The summed E-state index contributed by atoms with van der Waals surface area (Å²) >= 11 is 0. The van der Waals surface area contributed by atoms with Gasteiger partial charge < -0.3 is 9.47 Å². The van der Waals surface area contributed by atoms with Gasteiger partial charge in [0.1, 0.15) is 11.5 Å². The first-order valence-electron chi connectivity index (χ1n) is 8.89. The van der Waals surface area contributed by atoms with Crippen molar-refractivity contribution in [1.29, 1.82) is 0 Å². The number of hydrazone groups is 1. The Labute approximate surface area is 170 Å². The van der Waals surface area contributed by atoms with Gasteiger partial charge in [-0.2, -0.15) is 5.10 Å². The first-order valence-corrected chi connectivity index (χ1v) is 10.8. The maximum Gasteiger partial charge on any atom is 0.240 e. The van der Waals surface area contributed by atoms with E-state index in [0.717, 1.165) is 23.1 Å². The summed E-state index contributed by atoms with van der Waals surface area (Å²) in [7, 11) is -0.196. The molecule has 0 aliphatic carbocycles. The minimum Gasteiger partial charge on any atom is -0.497 e. The molecule has 9 heteroatoms. The van der Waals surface area contributed by atoms with E-state index in [1.165, 1.54) is 11.9 Å². The van der Waals surface area contributed by atoms with Gasteiger partial charge in [0.05, 0.1) is 32.2 Å². The molecule has 1 amide bonds. The van der Waals surface area contributed by atoms with E-state index in [2.05, 4.69) is 9.82 Å². The number of hydrogen-bond donors (Lipinski definition) is 1. The molecule has 0 unspecified atom stereocenters. The molecule has 0 saturated carbocycles. The zero-order valence-electron chi connectivity index (χ0n) is 16.7. The number of benzene rings is 2. The fourth-order valence-electron chi connectivity index (χ4n) is 3.26. The number of nitrogens with zero attached hydrogens (tertiary/aromatic N) is 2. The fraction of sp³-hybridized carbons (Fsp3) is 0.300. The van der Waals surface area contributed by atoms with Gasteiger partial charge in [-0.15, -0.1) is 0 Å². The van der Waals surface area contributed by atoms with E-state index in [1.54, 1.807) is 44.6 Å². The minimum atomic E-state index is -3.34. The average molecular weight is 417 g/mol. The van der Waals surface area contributed by atoms with Gasteiger partial charge in [0.25, 0.3) is 0 Å². The summed E-state index contributed by atoms with van der Waals surface area (Å²) < 4.78 is 35.9. The van der Waals surface area contributed by atoms with Crippen LogP contribution in [-0.2, 0) is 14.8 Å². The fourth-order valence-corrected chi connectivity index (χ4v) is 3.82. The van der Waals surface area contributed by atoms with Gasteiger partial charge in [-0.25, -0.2) is 13.4 Å². The molecule has 2 aromatic rings.